The number of hydrogen-bond acceptors (Lipinski definition) is 8. The van der Waals surface area contributed by atoms with Gasteiger partial charge in [-0.2, -0.15) is 0 Å². The van der Waals surface area contributed by atoms with E-state index in [1.807, 2.05) is 34.9 Å². The van der Waals surface area contributed by atoms with Crippen LogP contribution in [-0.4, -0.2) is 37.5 Å². The molecule has 3 rings (SSSR count). The molecule has 0 saturated heterocycles. The van der Waals surface area contributed by atoms with Gasteiger partial charge in [-0.15, -0.1) is 20.4 Å². The van der Waals surface area contributed by atoms with E-state index in [1.165, 1.54) is 11.8 Å². The zero-order valence-electron chi connectivity index (χ0n) is 14.6. The molecular weight excluding hydrogens is 354 g/mol. The summed E-state index contributed by atoms with van der Waals surface area (Å²) in [6.45, 7) is 4.42. The molecule has 1 aromatic carbocycles. The molecule has 0 atom stereocenters. The van der Waals surface area contributed by atoms with E-state index < -0.39 is 0 Å². The lowest BCUT2D eigenvalue weighted by Gasteiger charge is -2.09. The maximum absolute atomic E-state index is 11.9. The number of benzene rings is 1. The maximum Gasteiger partial charge on any atom is 0.313 e. The van der Waals surface area contributed by atoms with E-state index in [9.17, 15) is 4.79 Å². The molecule has 0 radical (unpaired) electrons. The zero-order valence-corrected chi connectivity index (χ0v) is 15.4. The first-order valence-corrected chi connectivity index (χ1v) is 9.17. The van der Waals surface area contributed by atoms with Gasteiger partial charge in [0.25, 0.3) is 0 Å². The van der Waals surface area contributed by atoms with Gasteiger partial charge in [-0.05, 0) is 12.5 Å². The Kier molecular flexibility index (Phi) is 6.00. The van der Waals surface area contributed by atoms with Crippen LogP contribution in [0.2, 0.25) is 0 Å². The van der Waals surface area contributed by atoms with E-state index in [0.29, 0.717) is 41.7 Å². The fraction of sp³-hybridized carbons (Fsp3) is 0.353. The van der Waals surface area contributed by atoms with Gasteiger partial charge in [0.05, 0.1) is 18.9 Å². The Balaban J connectivity index is 1.80. The van der Waals surface area contributed by atoms with Gasteiger partial charge in [0.2, 0.25) is 11.8 Å². The average Bonchev–Trinajstić information content (AvgIpc) is 3.21. The molecule has 0 spiro atoms. The number of carbonyl (C=O) groups is 1. The number of ether oxygens (including phenoxy) is 1. The third-order valence-corrected chi connectivity index (χ3v) is 4.43. The van der Waals surface area contributed by atoms with Crippen molar-refractivity contribution in [2.45, 2.75) is 37.7 Å². The molecule has 0 aliphatic carbocycles. The lowest BCUT2D eigenvalue weighted by molar-refractivity contribution is -0.142. The van der Waals surface area contributed by atoms with Crippen LogP contribution in [0.5, 0.6) is 0 Å². The summed E-state index contributed by atoms with van der Waals surface area (Å²) in [7, 11) is 0. The fourth-order valence-electron chi connectivity index (χ4n) is 2.34. The summed E-state index contributed by atoms with van der Waals surface area (Å²) in [5.74, 6) is 1.77. The third-order valence-electron chi connectivity index (χ3n) is 3.48. The quantitative estimate of drug-likeness (QED) is 0.439. The van der Waals surface area contributed by atoms with Crippen molar-refractivity contribution in [2.24, 2.45) is 0 Å². The van der Waals surface area contributed by atoms with Crippen molar-refractivity contribution in [1.29, 1.82) is 0 Å². The van der Waals surface area contributed by atoms with Crippen molar-refractivity contribution in [1.82, 2.24) is 25.0 Å². The molecule has 0 aliphatic rings. The van der Waals surface area contributed by atoms with Crippen LogP contribution in [0.3, 0.4) is 0 Å². The number of aryl methyl sites for hydroxylation is 1. The van der Waals surface area contributed by atoms with Gasteiger partial charge in [0.15, 0.2) is 5.16 Å². The van der Waals surface area contributed by atoms with Crippen molar-refractivity contribution in [3.8, 4) is 0 Å². The number of hydrogen-bond donors (Lipinski definition) is 0. The second-order valence-electron chi connectivity index (χ2n) is 5.46. The molecule has 0 N–H and O–H groups in total. The van der Waals surface area contributed by atoms with Crippen molar-refractivity contribution in [2.75, 3.05) is 6.61 Å². The molecule has 0 aliphatic heterocycles. The molecule has 0 bridgehead atoms. The minimum absolute atomic E-state index is 0.0773. The molecular formula is C17H19N5O3S. The largest absolute Gasteiger partial charge is 0.466 e. The lowest BCUT2D eigenvalue weighted by Crippen LogP contribution is -2.14. The van der Waals surface area contributed by atoms with Crippen molar-refractivity contribution in [3.05, 3.63) is 53.5 Å². The highest BCUT2D eigenvalue weighted by Crippen LogP contribution is 2.23. The minimum Gasteiger partial charge on any atom is -0.466 e. The lowest BCUT2D eigenvalue weighted by atomic mass is 10.2. The summed E-state index contributed by atoms with van der Waals surface area (Å²) in [6.07, 6.45) is 0.0773. The first-order chi connectivity index (χ1) is 12.7. The Morgan fingerprint density at radius 2 is 2.00 bits per heavy atom. The van der Waals surface area contributed by atoms with E-state index in [0.717, 1.165) is 5.56 Å². The van der Waals surface area contributed by atoms with Crippen LogP contribution in [0, 0.1) is 6.92 Å². The monoisotopic (exact) mass is 373 g/mol. The standard InChI is InChI=1S/C17H19N5O3S/c1-3-24-16(23)9-14-19-21-17(26-11-15-20-18-12(2)25-15)22(14)10-13-7-5-4-6-8-13/h4-8H,3,9-11H2,1-2H3. The van der Waals surface area contributed by atoms with Gasteiger partial charge in [-0.3, -0.25) is 4.79 Å². The predicted octanol–water partition coefficient (Wildman–Crippen LogP) is 2.42. The number of esters is 1. The van der Waals surface area contributed by atoms with Crippen LogP contribution in [0.25, 0.3) is 0 Å². The van der Waals surface area contributed by atoms with Crippen LogP contribution in [0.4, 0.5) is 0 Å². The Labute approximate surface area is 155 Å². The molecule has 2 heterocycles. The molecule has 0 saturated carbocycles. The highest BCUT2D eigenvalue weighted by molar-refractivity contribution is 7.98. The van der Waals surface area contributed by atoms with Crippen LogP contribution >= 0.6 is 11.8 Å². The Morgan fingerprint density at radius 1 is 1.19 bits per heavy atom. The van der Waals surface area contributed by atoms with Crippen LogP contribution < -0.4 is 0 Å². The molecule has 9 heteroatoms. The van der Waals surface area contributed by atoms with Gasteiger partial charge >= 0.3 is 5.97 Å². The fourth-order valence-corrected chi connectivity index (χ4v) is 3.14. The second kappa shape index (κ2) is 8.61. The van der Waals surface area contributed by atoms with E-state index in [-0.39, 0.29) is 12.4 Å². The van der Waals surface area contributed by atoms with Gasteiger partial charge in [0.1, 0.15) is 12.2 Å². The van der Waals surface area contributed by atoms with Crippen LogP contribution in [0.15, 0.2) is 39.9 Å². The van der Waals surface area contributed by atoms with Crippen LogP contribution in [0.1, 0.15) is 30.1 Å². The number of nitrogens with zero attached hydrogens (tertiary/aromatic N) is 5. The molecule has 0 fully saturated rings. The normalized spacial score (nSPS) is 10.8. The number of carbonyl (C=O) groups excluding carboxylic acids is 1. The van der Waals surface area contributed by atoms with Gasteiger partial charge < -0.3 is 13.7 Å². The first-order valence-electron chi connectivity index (χ1n) is 8.19. The van der Waals surface area contributed by atoms with Crippen LogP contribution in [-0.2, 0) is 28.2 Å². The first kappa shape index (κ1) is 18.1. The summed E-state index contributed by atoms with van der Waals surface area (Å²) in [5.41, 5.74) is 1.09. The Bertz CT molecular complexity index is 862. The Morgan fingerprint density at radius 3 is 2.69 bits per heavy atom. The van der Waals surface area contributed by atoms with E-state index >= 15 is 0 Å². The molecule has 8 nitrogen and oxygen atoms in total. The summed E-state index contributed by atoms with van der Waals surface area (Å²) in [6, 6.07) is 9.94. The zero-order chi connectivity index (χ0) is 18.4. The summed E-state index contributed by atoms with van der Waals surface area (Å²) >= 11 is 1.43. The molecule has 2 aromatic heterocycles. The molecule has 0 amide bonds. The van der Waals surface area contributed by atoms with Gasteiger partial charge in [0, 0.05) is 6.92 Å². The van der Waals surface area contributed by atoms with E-state index in [1.54, 1.807) is 13.8 Å². The van der Waals surface area contributed by atoms with Crippen molar-refractivity contribution in [3.63, 3.8) is 0 Å². The second-order valence-corrected chi connectivity index (χ2v) is 6.40. The van der Waals surface area contributed by atoms with Gasteiger partial charge in [-0.25, -0.2) is 0 Å². The van der Waals surface area contributed by atoms with E-state index in [2.05, 4.69) is 20.4 Å². The predicted molar refractivity (Wildman–Crippen MR) is 94.5 cm³/mol. The smallest absolute Gasteiger partial charge is 0.313 e. The summed E-state index contributed by atoms with van der Waals surface area (Å²) in [4.78, 5) is 11.9. The third kappa shape index (κ3) is 4.69. The summed E-state index contributed by atoms with van der Waals surface area (Å²) in [5, 5.41) is 16.9. The number of aromatic nitrogens is 5. The summed E-state index contributed by atoms with van der Waals surface area (Å²) < 4.78 is 12.3. The maximum atomic E-state index is 11.9. The van der Waals surface area contributed by atoms with Gasteiger partial charge in [-0.1, -0.05) is 42.1 Å². The molecule has 26 heavy (non-hydrogen) atoms. The average molecular weight is 373 g/mol. The van der Waals surface area contributed by atoms with Crippen molar-refractivity contribution < 1.29 is 13.9 Å². The number of thioether (sulfide) groups is 1. The highest BCUT2D eigenvalue weighted by atomic mass is 32.2. The highest BCUT2D eigenvalue weighted by Gasteiger charge is 2.17. The number of rotatable bonds is 8. The van der Waals surface area contributed by atoms with E-state index in [4.69, 9.17) is 9.15 Å². The molecule has 136 valence electrons. The topological polar surface area (TPSA) is 95.9 Å². The SMILES string of the molecule is CCOC(=O)Cc1nnc(SCc2nnc(C)o2)n1Cc1ccccc1. The minimum atomic E-state index is -0.321. The molecule has 3 aromatic rings. The Hall–Kier alpha value is -2.68. The molecule has 0 unspecified atom stereocenters. The van der Waals surface area contributed by atoms with Crippen molar-refractivity contribution >= 4 is 17.7 Å².